The van der Waals surface area contributed by atoms with E-state index < -0.39 is 0 Å². The Hall–Kier alpha value is -2.61. The molecule has 1 saturated carbocycles. The normalized spacial score (nSPS) is 16.9. The van der Waals surface area contributed by atoms with Crippen molar-refractivity contribution in [2.45, 2.75) is 99.3 Å². The molecule has 0 radical (unpaired) electrons. The molecule has 2 heteroatoms. The molecule has 3 rings (SSSR count). The minimum absolute atomic E-state index is 0.272. The summed E-state index contributed by atoms with van der Waals surface area (Å²) in [6.45, 7) is 17.4. The van der Waals surface area contributed by atoms with Crippen LogP contribution in [0.2, 0.25) is 0 Å². The molecular formula is C37H55FO. The minimum atomic E-state index is -0.272. The average Bonchev–Trinajstić information content (AvgIpc) is 3.44. The molecule has 2 atom stereocenters. The van der Waals surface area contributed by atoms with Crippen LogP contribution in [-0.4, -0.2) is 7.11 Å². The molecule has 0 aliphatic heterocycles. The molecule has 0 aromatic heterocycles. The highest BCUT2D eigenvalue weighted by atomic mass is 19.1. The molecule has 0 heterocycles. The zero-order valence-electron chi connectivity index (χ0n) is 25.9. The summed E-state index contributed by atoms with van der Waals surface area (Å²) >= 11 is 0. The first-order valence-electron chi connectivity index (χ1n) is 15.2. The number of rotatable bonds is 11. The van der Waals surface area contributed by atoms with Gasteiger partial charge in [0.15, 0.2) is 0 Å². The first kappa shape index (κ1) is 34.4. The molecule has 0 bridgehead atoms. The lowest BCUT2D eigenvalue weighted by molar-refractivity contribution is 0.367. The van der Waals surface area contributed by atoms with Gasteiger partial charge in [0.1, 0.15) is 11.6 Å². The summed E-state index contributed by atoms with van der Waals surface area (Å²) in [5.41, 5.74) is 4.54. The third-order valence-corrected chi connectivity index (χ3v) is 7.94. The highest BCUT2D eigenvalue weighted by Gasteiger charge is 2.23. The third-order valence-electron chi connectivity index (χ3n) is 7.94. The van der Waals surface area contributed by atoms with Crippen LogP contribution in [0.1, 0.15) is 110 Å². The van der Waals surface area contributed by atoms with Gasteiger partial charge in [-0.25, -0.2) is 4.39 Å². The lowest BCUT2D eigenvalue weighted by atomic mass is 9.86. The Balaban J connectivity index is 0.000000312. The maximum Gasteiger partial charge on any atom is 0.129 e. The Labute approximate surface area is 240 Å². The summed E-state index contributed by atoms with van der Waals surface area (Å²) < 4.78 is 18.4. The van der Waals surface area contributed by atoms with Gasteiger partial charge in [-0.2, -0.15) is 0 Å². The lowest BCUT2D eigenvalue weighted by Gasteiger charge is -2.20. The number of allylic oxidation sites excluding steroid dienone is 4. The van der Waals surface area contributed by atoms with E-state index in [-0.39, 0.29) is 5.82 Å². The Bertz CT molecular complexity index is 972. The van der Waals surface area contributed by atoms with Gasteiger partial charge in [0.05, 0.1) is 7.11 Å². The molecule has 0 N–H and O–H groups in total. The molecule has 2 unspecified atom stereocenters. The topological polar surface area (TPSA) is 9.23 Å². The first-order valence-corrected chi connectivity index (χ1v) is 15.2. The van der Waals surface area contributed by atoms with Crippen LogP contribution >= 0.6 is 0 Å². The molecular weight excluding hydrogens is 479 g/mol. The molecule has 0 saturated heterocycles. The quantitative estimate of drug-likeness (QED) is 0.260. The van der Waals surface area contributed by atoms with Crippen LogP contribution in [0.5, 0.6) is 5.75 Å². The standard InChI is InChI=1S/C16H23FO.C12H14.C9H18/c1-5-7-13(8-6-2)12(3)15-10-9-14(17)11-16(15)18-4;1-3-11(2)9-10-12-7-5-4-6-8-12;1-3-8-6-5-7-9(8)4-2/h9-11,13H,3,5-8H2,1-2,4H3;3-10H,1-2H3;8-9H,3-7H2,1-2H3/b;10-9+,11-3-;. The molecule has 1 fully saturated rings. The Kier molecular flexibility index (Phi) is 17.9. The van der Waals surface area contributed by atoms with Gasteiger partial charge in [-0.05, 0) is 67.7 Å². The number of ether oxygens (including phenoxy) is 1. The van der Waals surface area contributed by atoms with E-state index in [4.69, 9.17) is 4.74 Å². The highest BCUT2D eigenvalue weighted by molar-refractivity contribution is 5.70. The number of hydrogen-bond donors (Lipinski definition) is 0. The number of halogens is 1. The summed E-state index contributed by atoms with van der Waals surface area (Å²) in [7, 11) is 1.57. The van der Waals surface area contributed by atoms with Gasteiger partial charge in [0, 0.05) is 11.6 Å². The van der Waals surface area contributed by atoms with Crippen molar-refractivity contribution in [3.63, 3.8) is 0 Å². The van der Waals surface area contributed by atoms with Crippen molar-refractivity contribution in [1.29, 1.82) is 0 Å². The molecule has 39 heavy (non-hydrogen) atoms. The second kappa shape index (κ2) is 20.3. The number of benzene rings is 2. The van der Waals surface area contributed by atoms with E-state index in [2.05, 4.69) is 71.6 Å². The minimum Gasteiger partial charge on any atom is -0.496 e. The number of hydrogen-bond acceptors (Lipinski definition) is 1. The maximum atomic E-state index is 13.2. The van der Waals surface area contributed by atoms with E-state index in [1.807, 2.05) is 25.1 Å². The van der Waals surface area contributed by atoms with E-state index in [1.165, 1.54) is 55.4 Å². The van der Waals surface area contributed by atoms with Crippen LogP contribution in [0, 0.1) is 23.6 Å². The predicted molar refractivity (Wildman–Crippen MR) is 172 cm³/mol. The van der Waals surface area contributed by atoms with Gasteiger partial charge in [0.25, 0.3) is 0 Å². The molecule has 2 aromatic rings. The van der Waals surface area contributed by atoms with Crippen LogP contribution in [-0.2, 0) is 0 Å². The van der Waals surface area contributed by atoms with Crippen LogP contribution in [0.4, 0.5) is 4.39 Å². The molecule has 0 amide bonds. The van der Waals surface area contributed by atoms with Gasteiger partial charge in [-0.1, -0.05) is 133 Å². The summed E-state index contributed by atoms with van der Waals surface area (Å²) in [6, 6.07) is 15.0. The fourth-order valence-electron chi connectivity index (χ4n) is 5.42. The summed E-state index contributed by atoms with van der Waals surface area (Å²) in [5, 5.41) is 0. The van der Waals surface area contributed by atoms with E-state index in [0.29, 0.717) is 11.7 Å². The van der Waals surface area contributed by atoms with Crippen molar-refractivity contribution in [2.75, 3.05) is 7.11 Å². The second-order valence-corrected chi connectivity index (χ2v) is 10.7. The SMILES string of the molecule is C/C=C(C)\C=C\c1ccccc1.C=C(c1ccc(F)cc1OC)C(CCC)CCC.CCC1CCCC1CC. The maximum absolute atomic E-state index is 13.2. The van der Waals surface area contributed by atoms with Crippen molar-refractivity contribution in [1.82, 2.24) is 0 Å². The van der Waals surface area contributed by atoms with Crippen LogP contribution < -0.4 is 4.74 Å². The third kappa shape index (κ3) is 12.9. The monoisotopic (exact) mass is 534 g/mol. The van der Waals surface area contributed by atoms with Gasteiger partial charge in [-0.15, -0.1) is 0 Å². The summed E-state index contributed by atoms with van der Waals surface area (Å²) in [5.74, 6) is 2.92. The van der Waals surface area contributed by atoms with E-state index in [0.717, 1.165) is 48.7 Å². The fraction of sp³-hybridized carbons (Fsp3) is 0.514. The van der Waals surface area contributed by atoms with Crippen LogP contribution in [0.25, 0.3) is 11.6 Å². The van der Waals surface area contributed by atoms with Crippen LogP contribution in [0.15, 0.2) is 72.8 Å². The van der Waals surface area contributed by atoms with Gasteiger partial charge in [0.2, 0.25) is 0 Å². The van der Waals surface area contributed by atoms with Crippen molar-refractivity contribution in [2.24, 2.45) is 17.8 Å². The largest absolute Gasteiger partial charge is 0.496 e. The number of methoxy groups -OCH3 is 1. The molecule has 1 aliphatic carbocycles. The van der Waals surface area contributed by atoms with E-state index in [9.17, 15) is 4.39 Å². The Morgan fingerprint density at radius 2 is 1.56 bits per heavy atom. The van der Waals surface area contributed by atoms with Gasteiger partial charge >= 0.3 is 0 Å². The summed E-state index contributed by atoms with van der Waals surface area (Å²) in [6.07, 6.45) is 18.2. The molecule has 0 spiro atoms. The predicted octanol–water partition coefficient (Wildman–Crippen LogP) is 12.0. The van der Waals surface area contributed by atoms with E-state index in [1.54, 1.807) is 13.2 Å². The fourth-order valence-corrected chi connectivity index (χ4v) is 5.42. The van der Waals surface area contributed by atoms with Gasteiger partial charge in [-0.3, -0.25) is 0 Å². The van der Waals surface area contributed by atoms with Crippen molar-refractivity contribution < 1.29 is 9.13 Å². The lowest BCUT2D eigenvalue weighted by Crippen LogP contribution is -2.04. The highest BCUT2D eigenvalue weighted by Crippen LogP contribution is 2.36. The first-order chi connectivity index (χ1) is 18.8. The molecule has 216 valence electrons. The average molecular weight is 535 g/mol. The molecule has 1 nitrogen and oxygen atoms in total. The van der Waals surface area contributed by atoms with Crippen molar-refractivity contribution in [3.05, 3.63) is 89.8 Å². The Morgan fingerprint density at radius 1 is 0.974 bits per heavy atom. The van der Waals surface area contributed by atoms with Crippen molar-refractivity contribution >= 4 is 11.6 Å². The zero-order chi connectivity index (χ0) is 29.0. The van der Waals surface area contributed by atoms with Crippen LogP contribution in [0.3, 0.4) is 0 Å². The van der Waals surface area contributed by atoms with Gasteiger partial charge < -0.3 is 4.74 Å². The second-order valence-electron chi connectivity index (χ2n) is 10.7. The molecule has 1 aliphatic rings. The molecule has 2 aromatic carbocycles. The van der Waals surface area contributed by atoms with Crippen molar-refractivity contribution in [3.8, 4) is 5.75 Å². The zero-order valence-corrected chi connectivity index (χ0v) is 25.9. The Morgan fingerprint density at radius 3 is 2.05 bits per heavy atom. The smallest absolute Gasteiger partial charge is 0.129 e. The van der Waals surface area contributed by atoms with E-state index >= 15 is 0 Å². The summed E-state index contributed by atoms with van der Waals surface area (Å²) in [4.78, 5) is 0.